The van der Waals surface area contributed by atoms with Crippen LogP contribution < -0.4 is 11.1 Å². The van der Waals surface area contributed by atoms with Crippen molar-refractivity contribution in [3.05, 3.63) is 28.8 Å². The molecule has 1 heterocycles. The Labute approximate surface area is 129 Å². The minimum atomic E-state index is -0.304. The number of carbonyl (C=O) groups is 2. The van der Waals surface area contributed by atoms with E-state index in [1.807, 2.05) is 4.90 Å². The number of nitrogens with zero attached hydrogens (tertiary/aromatic N) is 1. The first-order valence-electron chi connectivity index (χ1n) is 7.19. The van der Waals surface area contributed by atoms with Crippen LogP contribution in [0.25, 0.3) is 0 Å². The van der Waals surface area contributed by atoms with Crippen molar-refractivity contribution < 1.29 is 9.59 Å². The molecule has 1 aliphatic heterocycles. The molecule has 6 heteroatoms. The van der Waals surface area contributed by atoms with Crippen LogP contribution in [0.1, 0.15) is 36.0 Å². The number of hydrogen-bond donors (Lipinski definition) is 2. The van der Waals surface area contributed by atoms with Gasteiger partial charge in [-0.2, -0.15) is 0 Å². The number of rotatable bonds is 4. The molecule has 0 bridgehead atoms. The Morgan fingerprint density at radius 3 is 2.67 bits per heavy atom. The van der Waals surface area contributed by atoms with Crippen molar-refractivity contribution in [1.29, 1.82) is 0 Å². The zero-order chi connectivity index (χ0) is 15.2. The van der Waals surface area contributed by atoms with Gasteiger partial charge in [-0.15, -0.1) is 0 Å². The van der Waals surface area contributed by atoms with Crippen molar-refractivity contribution >= 4 is 29.1 Å². The summed E-state index contributed by atoms with van der Waals surface area (Å²) in [4.78, 5) is 25.8. The summed E-state index contributed by atoms with van der Waals surface area (Å²) in [6, 6.07) is 4.75. The number of nitrogens with one attached hydrogen (secondary N) is 1. The first-order chi connectivity index (χ1) is 10.1. The van der Waals surface area contributed by atoms with E-state index < -0.39 is 0 Å². The maximum atomic E-state index is 12.0. The van der Waals surface area contributed by atoms with Crippen LogP contribution in [0.5, 0.6) is 0 Å². The van der Waals surface area contributed by atoms with E-state index in [9.17, 15) is 9.59 Å². The van der Waals surface area contributed by atoms with Crippen LogP contribution in [0.3, 0.4) is 0 Å². The molecule has 21 heavy (non-hydrogen) atoms. The van der Waals surface area contributed by atoms with Gasteiger partial charge in [0.05, 0.1) is 5.56 Å². The third-order valence-corrected chi connectivity index (χ3v) is 3.83. The Balaban J connectivity index is 1.81. The molecule has 1 aromatic carbocycles. The lowest BCUT2D eigenvalue weighted by Crippen LogP contribution is -2.37. The molecular formula is C15H20ClN3O2. The largest absolute Gasteiger partial charge is 0.398 e. The van der Waals surface area contributed by atoms with E-state index in [2.05, 4.69) is 5.32 Å². The summed E-state index contributed by atoms with van der Waals surface area (Å²) in [7, 11) is 0. The van der Waals surface area contributed by atoms with Crippen molar-refractivity contribution in [1.82, 2.24) is 10.2 Å². The monoisotopic (exact) mass is 309 g/mol. The van der Waals surface area contributed by atoms with Crippen LogP contribution in [0, 0.1) is 0 Å². The normalized spacial score (nSPS) is 14.8. The number of halogens is 1. The highest BCUT2D eigenvalue weighted by atomic mass is 35.5. The van der Waals surface area contributed by atoms with E-state index in [0.29, 0.717) is 29.2 Å². The second-order valence-corrected chi connectivity index (χ2v) is 5.62. The minimum Gasteiger partial charge on any atom is -0.398 e. The van der Waals surface area contributed by atoms with E-state index in [4.69, 9.17) is 17.3 Å². The van der Waals surface area contributed by atoms with E-state index in [1.165, 1.54) is 12.5 Å². The highest BCUT2D eigenvalue weighted by molar-refractivity contribution is 6.31. The molecule has 0 aromatic heterocycles. The molecule has 0 radical (unpaired) electrons. The summed E-state index contributed by atoms with van der Waals surface area (Å²) in [5.41, 5.74) is 6.46. The van der Waals surface area contributed by atoms with E-state index in [-0.39, 0.29) is 11.8 Å². The standard InChI is InChI=1S/C15H20ClN3O2/c16-11-4-5-13(17)12(10-11)15(21)18-7-6-14(20)19-8-2-1-3-9-19/h4-5,10H,1-3,6-9,17H2,(H,18,21). The second kappa shape index (κ2) is 7.31. The smallest absolute Gasteiger partial charge is 0.253 e. The lowest BCUT2D eigenvalue weighted by Gasteiger charge is -2.26. The van der Waals surface area contributed by atoms with Gasteiger partial charge in [0.1, 0.15) is 0 Å². The van der Waals surface area contributed by atoms with E-state index in [0.717, 1.165) is 25.9 Å². The molecule has 1 saturated heterocycles. The predicted octanol–water partition coefficient (Wildman–Crippen LogP) is 2.05. The predicted molar refractivity (Wildman–Crippen MR) is 83.2 cm³/mol. The maximum Gasteiger partial charge on any atom is 0.253 e. The summed E-state index contributed by atoms with van der Waals surface area (Å²) in [5, 5.41) is 3.17. The number of likely N-dealkylation sites (tertiary alicyclic amines) is 1. The summed E-state index contributed by atoms with van der Waals surface area (Å²) >= 11 is 5.85. The average molecular weight is 310 g/mol. The summed E-state index contributed by atoms with van der Waals surface area (Å²) in [5.74, 6) is -0.212. The molecule has 2 rings (SSSR count). The number of carbonyl (C=O) groups excluding carboxylic acids is 2. The lowest BCUT2D eigenvalue weighted by atomic mass is 10.1. The molecule has 2 amide bonds. The molecule has 3 N–H and O–H groups in total. The zero-order valence-corrected chi connectivity index (χ0v) is 12.7. The molecule has 0 atom stereocenters. The highest BCUT2D eigenvalue weighted by Gasteiger charge is 2.16. The molecule has 5 nitrogen and oxygen atoms in total. The van der Waals surface area contributed by atoms with Gasteiger partial charge in [-0.25, -0.2) is 0 Å². The second-order valence-electron chi connectivity index (χ2n) is 5.18. The summed E-state index contributed by atoms with van der Waals surface area (Å²) in [6.07, 6.45) is 3.63. The van der Waals surface area contributed by atoms with Crippen molar-refractivity contribution in [2.75, 3.05) is 25.4 Å². The third-order valence-electron chi connectivity index (χ3n) is 3.59. The van der Waals surface area contributed by atoms with Crippen LogP contribution in [-0.2, 0) is 4.79 Å². The first kappa shape index (κ1) is 15.6. The van der Waals surface area contributed by atoms with Crippen molar-refractivity contribution in [3.8, 4) is 0 Å². The van der Waals surface area contributed by atoms with Gasteiger partial charge in [-0.05, 0) is 37.5 Å². The summed E-state index contributed by atoms with van der Waals surface area (Å²) < 4.78 is 0. The Bertz CT molecular complexity index is 528. The number of nitrogen functional groups attached to an aromatic ring is 1. The molecule has 1 aromatic rings. The molecule has 1 fully saturated rings. The first-order valence-corrected chi connectivity index (χ1v) is 7.57. The van der Waals surface area contributed by atoms with Gasteiger partial charge in [0.15, 0.2) is 0 Å². The fraction of sp³-hybridized carbons (Fsp3) is 0.467. The molecule has 114 valence electrons. The number of nitrogens with two attached hydrogens (primary N) is 1. The van der Waals surface area contributed by atoms with Gasteiger partial charge >= 0.3 is 0 Å². The Kier molecular flexibility index (Phi) is 5.44. The molecule has 0 aliphatic carbocycles. The SMILES string of the molecule is Nc1ccc(Cl)cc1C(=O)NCCC(=O)N1CCCCC1. The van der Waals surface area contributed by atoms with Crippen LogP contribution in [0.2, 0.25) is 5.02 Å². The fourth-order valence-electron chi connectivity index (χ4n) is 2.40. The van der Waals surface area contributed by atoms with Crippen LogP contribution in [-0.4, -0.2) is 36.3 Å². The maximum absolute atomic E-state index is 12.0. The molecule has 0 saturated carbocycles. The Morgan fingerprint density at radius 2 is 1.95 bits per heavy atom. The van der Waals surface area contributed by atoms with Gasteiger partial charge in [0.25, 0.3) is 5.91 Å². The van der Waals surface area contributed by atoms with Gasteiger partial charge < -0.3 is 16.0 Å². The number of benzene rings is 1. The number of amides is 2. The van der Waals surface area contributed by atoms with Gasteiger partial charge in [0.2, 0.25) is 5.91 Å². The fourth-order valence-corrected chi connectivity index (χ4v) is 2.58. The third kappa shape index (κ3) is 4.36. The molecular weight excluding hydrogens is 290 g/mol. The zero-order valence-electron chi connectivity index (χ0n) is 11.9. The highest BCUT2D eigenvalue weighted by Crippen LogP contribution is 2.17. The van der Waals surface area contributed by atoms with E-state index in [1.54, 1.807) is 12.1 Å². The molecule has 0 spiro atoms. The van der Waals surface area contributed by atoms with Gasteiger partial charge in [-0.1, -0.05) is 11.6 Å². The minimum absolute atomic E-state index is 0.0917. The van der Waals surface area contributed by atoms with Crippen molar-refractivity contribution in [2.45, 2.75) is 25.7 Å². The van der Waals surface area contributed by atoms with Gasteiger partial charge in [-0.3, -0.25) is 9.59 Å². The van der Waals surface area contributed by atoms with Crippen molar-refractivity contribution in [2.24, 2.45) is 0 Å². The number of piperidine rings is 1. The Hall–Kier alpha value is -1.75. The van der Waals surface area contributed by atoms with Crippen LogP contribution in [0.15, 0.2) is 18.2 Å². The summed E-state index contributed by atoms with van der Waals surface area (Å²) in [6.45, 7) is 1.96. The number of hydrogen-bond acceptors (Lipinski definition) is 3. The van der Waals surface area contributed by atoms with Gasteiger partial charge in [0, 0.05) is 36.8 Å². The van der Waals surface area contributed by atoms with Crippen LogP contribution >= 0.6 is 11.6 Å². The lowest BCUT2D eigenvalue weighted by molar-refractivity contribution is -0.131. The number of anilines is 1. The Morgan fingerprint density at radius 1 is 1.24 bits per heavy atom. The van der Waals surface area contributed by atoms with Crippen molar-refractivity contribution in [3.63, 3.8) is 0 Å². The molecule has 0 unspecified atom stereocenters. The van der Waals surface area contributed by atoms with E-state index >= 15 is 0 Å². The average Bonchev–Trinajstić information content (AvgIpc) is 2.50. The van der Waals surface area contributed by atoms with Crippen LogP contribution in [0.4, 0.5) is 5.69 Å². The quantitative estimate of drug-likeness (QED) is 0.836. The topological polar surface area (TPSA) is 75.4 Å². The molecule has 1 aliphatic rings.